The van der Waals surface area contributed by atoms with Crippen LogP contribution in [0, 0.1) is 5.82 Å². The van der Waals surface area contributed by atoms with Crippen molar-refractivity contribution in [2.24, 2.45) is 0 Å². The SMILES string of the molecule is CCCC(C)N(C)CC(NC)c1ccccc1F. The lowest BCUT2D eigenvalue weighted by molar-refractivity contribution is 0.220. The summed E-state index contributed by atoms with van der Waals surface area (Å²) in [7, 11) is 3.99. The van der Waals surface area contributed by atoms with Gasteiger partial charge in [-0.1, -0.05) is 31.5 Å². The Morgan fingerprint density at radius 3 is 2.56 bits per heavy atom. The van der Waals surface area contributed by atoms with Crippen LogP contribution in [0.5, 0.6) is 0 Å². The van der Waals surface area contributed by atoms with Crippen molar-refractivity contribution >= 4 is 0 Å². The topological polar surface area (TPSA) is 15.3 Å². The number of hydrogen-bond acceptors (Lipinski definition) is 2. The Morgan fingerprint density at radius 2 is 2.00 bits per heavy atom. The molecule has 0 aliphatic carbocycles. The fraction of sp³-hybridized carbons (Fsp3) is 0.600. The molecular weight excluding hydrogens is 227 g/mol. The van der Waals surface area contributed by atoms with Crippen LogP contribution in [0.2, 0.25) is 0 Å². The normalized spacial score (nSPS) is 14.8. The van der Waals surface area contributed by atoms with Gasteiger partial charge < -0.3 is 10.2 Å². The quantitative estimate of drug-likeness (QED) is 0.801. The lowest BCUT2D eigenvalue weighted by atomic mass is 10.0. The summed E-state index contributed by atoms with van der Waals surface area (Å²) in [5, 5.41) is 3.21. The van der Waals surface area contributed by atoms with Crippen molar-refractivity contribution in [1.29, 1.82) is 0 Å². The zero-order chi connectivity index (χ0) is 13.5. The van der Waals surface area contributed by atoms with E-state index in [9.17, 15) is 4.39 Å². The number of halogens is 1. The van der Waals surface area contributed by atoms with E-state index in [1.54, 1.807) is 6.07 Å². The van der Waals surface area contributed by atoms with Gasteiger partial charge in [0, 0.05) is 24.2 Å². The molecule has 0 aliphatic heterocycles. The molecule has 0 heterocycles. The molecule has 0 saturated heterocycles. The molecule has 2 unspecified atom stereocenters. The van der Waals surface area contributed by atoms with Crippen LogP contribution in [-0.2, 0) is 0 Å². The van der Waals surface area contributed by atoms with Gasteiger partial charge in [0.15, 0.2) is 0 Å². The molecule has 1 N–H and O–H groups in total. The fourth-order valence-corrected chi connectivity index (χ4v) is 2.21. The molecule has 3 heteroatoms. The number of likely N-dealkylation sites (N-methyl/N-ethyl adjacent to an activating group) is 2. The first-order valence-corrected chi connectivity index (χ1v) is 6.72. The maximum atomic E-state index is 13.8. The Kier molecular flexibility index (Phi) is 6.30. The number of hydrogen-bond donors (Lipinski definition) is 1. The third-order valence-corrected chi connectivity index (χ3v) is 3.56. The third-order valence-electron chi connectivity index (χ3n) is 3.56. The molecule has 1 aromatic carbocycles. The summed E-state index contributed by atoms with van der Waals surface area (Å²) in [5.74, 6) is -0.131. The highest BCUT2D eigenvalue weighted by Crippen LogP contribution is 2.18. The molecule has 0 fully saturated rings. The first-order chi connectivity index (χ1) is 8.60. The van der Waals surface area contributed by atoms with Crippen molar-refractivity contribution in [3.05, 3.63) is 35.6 Å². The van der Waals surface area contributed by atoms with Crippen molar-refractivity contribution in [1.82, 2.24) is 10.2 Å². The molecule has 1 rings (SSSR count). The van der Waals surface area contributed by atoms with Crippen molar-refractivity contribution < 1.29 is 4.39 Å². The second-order valence-electron chi connectivity index (χ2n) is 4.94. The van der Waals surface area contributed by atoms with Gasteiger partial charge >= 0.3 is 0 Å². The Hall–Kier alpha value is -0.930. The van der Waals surface area contributed by atoms with Crippen molar-refractivity contribution in [3.63, 3.8) is 0 Å². The van der Waals surface area contributed by atoms with E-state index in [0.29, 0.717) is 6.04 Å². The van der Waals surface area contributed by atoms with Crippen LogP contribution in [0.25, 0.3) is 0 Å². The molecule has 0 radical (unpaired) electrons. The molecule has 1 aromatic rings. The average Bonchev–Trinajstić information content (AvgIpc) is 2.37. The zero-order valence-electron chi connectivity index (χ0n) is 11.9. The highest BCUT2D eigenvalue weighted by molar-refractivity contribution is 5.21. The van der Waals surface area contributed by atoms with E-state index in [2.05, 4.69) is 31.1 Å². The number of benzene rings is 1. The Morgan fingerprint density at radius 1 is 1.33 bits per heavy atom. The van der Waals surface area contributed by atoms with E-state index in [0.717, 1.165) is 12.1 Å². The van der Waals surface area contributed by atoms with E-state index in [4.69, 9.17) is 0 Å². The first-order valence-electron chi connectivity index (χ1n) is 6.72. The van der Waals surface area contributed by atoms with E-state index < -0.39 is 0 Å². The van der Waals surface area contributed by atoms with Crippen LogP contribution in [-0.4, -0.2) is 31.6 Å². The second-order valence-corrected chi connectivity index (χ2v) is 4.94. The molecule has 0 aliphatic rings. The van der Waals surface area contributed by atoms with Crippen molar-refractivity contribution in [3.8, 4) is 0 Å². The summed E-state index contributed by atoms with van der Waals surface area (Å²) in [6, 6.07) is 7.56. The standard InChI is InChI=1S/C15H25FN2/c1-5-8-12(2)18(4)11-15(17-3)13-9-6-7-10-14(13)16/h6-7,9-10,12,15,17H,5,8,11H2,1-4H3. The van der Waals surface area contributed by atoms with Crippen LogP contribution in [0.15, 0.2) is 24.3 Å². The van der Waals surface area contributed by atoms with E-state index in [1.807, 2.05) is 19.2 Å². The molecule has 2 atom stereocenters. The lowest BCUT2D eigenvalue weighted by Gasteiger charge is -2.29. The van der Waals surface area contributed by atoms with Gasteiger partial charge in [0.25, 0.3) is 0 Å². The summed E-state index contributed by atoms with van der Waals surface area (Å²) in [6.45, 7) is 5.23. The number of rotatable bonds is 7. The van der Waals surface area contributed by atoms with Crippen LogP contribution < -0.4 is 5.32 Å². The summed E-state index contributed by atoms with van der Waals surface area (Å²) in [6.07, 6.45) is 2.35. The average molecular weight is 252 g/mol. The van der Waals surface area contributed by atoms with Crippen LogP contribution >= 0.6 is 0 Å². The Bertz CT molecular complexity index is 354. The number of nitrogens with one attached hydrogen (secondary N) is 1. The van der Waals surface area contributed by atoms with Gasteiger partial charge in [-0.2, -0.15) is 0 Å². The molecule has 0 aromatic heterocycles. The van der Waals surface area contributed by atoms with Gasteiger partial charge in [-0.15, -0.1) is 0 Å². The van der Waals surface area contributed by atoms with Gasteiger partial charge in [0.05, 0.1) is 0 Å². The molecule has 2 nitrogen and oxygen atoms in total. The summed E-state index contributed by atoms with van der Waals surface area (Å²) >= 11 is 0. The van der Waals surface area contributed by atoms with E-state index in [-0.39, 0.29) is 11.9 Å². The molecule has 0 saturated carbocycles. The lowest BCUT2D eigenvalue weighted by Crippen LogP contribution is -2.37. The minimum Gasteiger partial charge on any atom is -0.312 e. The maximum absolute atomic E-state index is 13.8. The summed E-state index contributed by atoms with van der Waals surface area (Å²) in [4.78, 5) is 2.29. The van der Waals surface area contributed by atoms with Gasteiger partial charge in [0.2, 0.25) is 0 Å². The smallest absolute Gasteiger partial charge is 0.128 e. The van der Waals surface area contributed by atoms with E-state index >= 15 is 0 Å². The van der Waals surface area contributed by atoms with E-state index in [1.165, 1.54) is 18.9 Å². The molecule has 102 valence electrons. The Balaban J connectivity index is 2.70. The van der Waals surface area contributed by atoms with Crippen molar-refractivity contribution in [2.45, 2.75) is 38.8 Å². The van der Waals surface area contributed by atoms with Gasteiger partial charge in [-0.05, 0) is 33.5 Å². The molecule has 0 spiro atoms. The predicted octanol–water partition coefficient (Wildman–Crippen LogP) is 3.21. The molecule has 18 heavy (non-hydrogen) atoms. The minimum absolute atomic E-state index is 0.0375. The summed E-state index contributed by atoms with van der Waals surface area (Å²) in [5.41, 5.74) is 0.746. The maximum Gasteiger partial charge on any atom is 0.128 e. The van der Waals surface area contributed by atoms with Gasteiger partial charge in [-0.3, -0.25) is 0 Å². The van der Waals surface area contributed by atoms with Crippen LogP contribution in [0.1, 0.15) is 38.3 Å². The van der Waals surface area contributed by atoms with Crippen LogP contribution in [0.3, 0.4) is 0 Å². The monoisotopic (exact) mass is 252 g/mol. The third kappa shape index (κ3) is 4.07. The van der Waals surface area contributed by atoms with Gasteiger partial charge in [-0.25, -0.2) is 4.39 Å². The largest absolute Gasteiger partial charge is 0.312 e. The Labute approximate surface area is 110 Å². The fourth-order valence-electron chi connectivity index (χ4n) is 2.21. The summed E-state index contributed by atoms with van der Waals surface area (Å²) < 4.78 is 13.8. The molecule has 0 bridgehead atoms. The van der Waals surface area contributed by atoms with Crippen LogP contribution in [0.4, 0.5) is 4.39 Å². The first kappa shape index (κ1) is 15.1. The molecular formula is C15H25FN2. The van der Waals surface area contributed by atoms with Crippen molar-refractivity contribution in [2.75, 3.05) is 20.6 Å². The highest BCUT2D eigenvalue weighted by Gasteiger charge is 2.17. The van der Waals surface area contributed by atoms with Gasteiger partial charge in [0.1, 0.15) is 5.82 Å². The second kappa shape index (κ2) is 7.49. The molecule has 0 amide bonds. The highest BCUT2D eigenvalue weighted by atomic mass is 19.1. The minimum atomic E-state index is -0.131. The number of nitrogens with zero attached hydrogens (tertiary/aromatic N) is 1. The predicted molar refractivity (Wildman–Crippen MR) is 75.2 cm³/mol. The zero-order valence-corrected chi connectivity index (χ0v) is 11.9.